The molecule has 1 aromatic rings. The number of aromatic hydroxyl groups is 1. The Morgan fingerprint density at radius 2 is 1.95 bits per heavy atom. The van der Waals surface area contributed by atoms with Gasteiger partial charge in [0.05, 0.1) is 10.6 Å². The predicted octanol–water partition coefficient (Wildman–Crippen LogP) is 1.38. The van der Waals surface area contributed by atoms with Gasteiger partial charge in [-0.25, -0.2) is 0 Å². The minimum atomic E-state index is -0.317. The molecule has 102 valence electrons. The van der Waals surface area contributed by atoms with E-state index in [2.05, 4.69) is 0 Å². The number of likely N-dealkylation sites (tertiary alicyclic amines) is 1. The third-order valence-corrected chi connectivity index (χ3v) is 3.69. The molecule has 0 spiro atoms. The molecule has 0 saturated carbocycles. The monoisotopic (exact) mass is 282 g/mol. The number of carbonyl (C=O) groups is 2. The molecule has 19 heavy (non-hydrogen) atoms. The number of benzene rings is 1. The molecule has 0 bridgehead atoms. The van der Waals surface area contributed by atoms with Crippen LogP contribution in [0.3, 0.4) is 0 Å². The summed E-state index contributed by atoms with van der Waals surface area (Å²) in [6.07, 6.45) is 1.13. The molecule has 1 aliphatic heterocycles. The Bertz CT molecular complexity index is 511. The van der Waals surface area contributed by atoms with E-state index < -0.39 is 0 Å². The molecule has 1 heterocycles. The molecule has 2 rings (SSSR count). The van der Waals surface area contributed by atoms with Crippen molar-refractivity contribution in [3.05, 3.63) is 28.8 Å². The number of rotatable bonds is 2. The second kappa shape index (κ2) is 5.48. The smallest absolute Gasteiger partial charge is 0.255 e. The number of hydrogen-bond acceptors (Lipinski definition) is 3. The summed E-state index contributed by atoms with van der Waals surface area (Å²) < 4.78 is 0. The minimum absolute atomic E-state index is 0.000211. The van der Waals surface area contributed by atoms with Crippen LogP contribution in [0.2, 0.25) is 5.02 Å². The average molecular weight is 283 g/mol. The van der Waals surface area contributed by atoms with E-state index in [0.29, 0.717) is 31.0 Å². The van der Waals surface area contributed by atoms with Crippen molar-refractivity contribution in [1.29, 1.82) is 0 Å². The Hall–Kier alpha value is -1.75. The zero-order valence-electron chi connectivity index (χ0n) is 10.3. The van der Waals surface area contributed by atoms with E-state index in [1.165, 1.54) is 18.2 Å². The molecule has 0 atom stereocenters. The van der Waals surface area contributed by atoms with E-state index in [9.17, 15) is 14.7 Å². The van der Waals surface area contributed by atoms with Crippen molar-refractivity contribution in [3.8, 4) is 5.75 Å². The number of carbonyl (C=O) groups excluding carboxylic acids is 2. The Balaban J connectivity index is 2.09. The van der Waals surface area contributed by atoms with Gasteiger partial charge in [0.25, 0.3) is 5.91 Å². The molecule has 0 unspecified atom stereocenters. The van der Waals surface area contributed by atoms with Gasteiger partial charge in [-0.15, -0.1) is 0 Å². The zero-order chi connectivity index (χ0) is 14.0. The molecule has 2 amide bonds. The van der Waals surface area contributed by atoms with Gasteiger partial charge in [-0.3, -0.25) is 9.59 Å². The van der Waals surface area contributed by atoms with Crippen molar-refractivity contribution in [2.24, 2.45) is 11.7 Å². The fourth-order valence-electron chi connectivity index (χ4n) is 2.21. The van der Waals surface area contributed by atoms with Crippen molar-refractivity contribution in [2.45, 2.75) is 12.8 Å². The van der Waals surface area contributed by atoms with Crippen LogP contribution in [0.5, 0.6) is 5.75 Å². The van der Waals surface area contributed by atoms with Crippen LogP contribution in [0.15, 0.2) is 18.2 Å². The van der Waals surface area contributed by atoms with E-state index in [-0.39, 0.29) is 29.0 Å². The van der Waals surface area contributed by atoms with E-state index >= 15 is 0 Å². The quantitative estimate of drug-likeness (QED) is 0.859. The molecule has 3 N–H and O–H groups in total. The van der Waals surface area contributed by atoms with Gasteiger partial charge in [0, 0.05) is 19.0 Å². The third kappa shape index (κ3) is 2.98. The van der Waals surface area contributed by atoms with Crippen LogP contribution in [0.25, 0.3) is 0 Å². The average Bonchev–Trinajstić information content (AvgIpc) is 2.41. The Morgan fingerprint density at radius 3 is 2.53 bits per heavy atom. The first-order valence-electron chi connectivity index (χ1n) is 6.06. The summed E-state index contributed by atoms with van der Waals surface area (Å²) >= 11 is 5.96. The molecule has 1 aromatic carbocycles. The SMILES string of the molecule is NC(=O)C1CCN(C(=O)c2cc(O)ccc2Cl)CC1. The summed E-state index contributed by atoms with van der Waals surface area (Å²) in [5.41, 5.74) is 5.52. The maximum atomic E-state index is 12.3. The second-order valence-corrected chi connectivity index (χ2v) is 5.04. The molecule has 0 radical (unpaired) electrons. The highest BCUT2D eigenvalue weighted by Crippen LogP contribution is 2.25. The lowest BCUT2D eigenvalue weighted by Gasteiger charge is -2.30. The standard InChI is InChI=1S/C13H15ClN2O3/c14-11-2-1-9(17)7-10(11)13(19)16-5-3-8(4-6-16)12(15)18/h1-2,7-8,17H,3-6H2,(H2,15,18). The highest BCUT2D eigenvalue weighted by Gasteiger charge is 2.27. The molecular formula is C13H15ClN2O3. The van der Waals surface area contributed by atoms with Crippen molar-refractivity contribution in [2.75, 3.05) is 13.1 Å². The van der Waals surface area contributed by atoms with E-state index in [4.69, 9.17) is 17.3 Å². The first kappa shape index (κ1) is 13.7. The normalized spacial score (nSPS) is 16.4. The summed E-state index contributed by atoms with van der Waals surface area (Å²) in [5.74, 6) is -0.713. The minimum Gasteiger partial charge on any atom is -0.508 e. The number of phenolic OH excluding ortho intramolecular Hbond substituents is 1. The number of phenols is 1. The number of amides is 2. The second-order valence-electron chi connectivity index (χ2n) is 4.63. The molecule has 1 fully saturated rings. The van der Waals surface area contributed by atoms with Crippen LogP contribution in [-0.2, 0) is 4.79 Å². The molecule has 5 nitrogen and oxygen atoms in total. The number of primary amides is 1. The van der Waals surface area contributed by atoms with Crippen LogP contribution in [0, 0.1) is 5.92 Å². The summed E-state index contributed by atoms with van der Waals surface area (Å²) in [6.45, 7) is 0.941. The van der Waals surface area contributed by atoms with Crippen LogP contribution in [-0.4, -0.2) is 34.9 Å². The first-order valence-corrected chi connectivity index (χ1v) is 6.44. The van der Waals surface area contributed by atoms with Crippen molar-refractivity contribution >= 4 is 23.4 Å². The highest BCUT2D eigenvalue weighted by molar-refractivity contribution is 6.33. The fraction of sp³-hybridized carbons (Fsp3) is 0.385. The van der Waals surface area contributed by atoms with E-state index in [1.54, 1.807) is 4.90 Å². The molecular weight excluding hydrogens is 268 g/mol. The number of nitrogens with two attached hydrogens (primary N) is 1. The maximum Gasteiger partial charge on any atom is 0.255 e. The Morgan fingerprint density at radius 1 is 1.32 bits per heavy atom. The van der Waals surface area contributed by atoms with Gasteiger partial charge in [-0.1, -0.05) is 11.6 Å². The molecule has 0 aliphatic carbocycles. The Kier molecular flexibility index (Phi) is 3.95. The van der Waals surface area contributed by atoms with Gasteiger partial charge < -0.3 is 15.7 Å². The fourth-order valence-corrected chi connectivity index (χ4v) is 2.41. The summed E-state index contributed by atoms with van der Waals surface area (Å²) in [6, 6.07) is 4.27. The van der Waals surface area contributed by atoms with Gasteiger partial charge in [0.2, 0.25) is 5.91 Å². The molecule has 1 saturated heterocycles. The summed E-state index contributed by atoms with van der Waals surface area (Å²) in [7, 11) is 0. The van der Waals surface area contributed by atoms with Gasteiger partial charge in [0.1, 0.15) is 5.75 Å². The molecule has 6 heteroatoms. The number of hydrogen-bond donors (Lipinski definition) is 2. The van der Waals surface area contributed by atoms with E-state index in [1.807, 2.05) is 0 Å². The van der Waals surface area contributed by atoms with Crippen molar-refractivity contribution in [3.63, 3.8) is 0 Å². The predicted molar refractivity (Wildman–Crippen MR) is 70.9 cm³/mol. The number of nitrogens with zero attached hydrogens (tertiary/aromatic N) is 1. The van der Waals surface area contributed by atoms with Crippen LogP contribution in [0.4, 0.5) is 0 Å². The van der Waals surface area contributed by atoms with Gasteiger partial charge >= 0.3 is 0 Å². The van der Waals surface area contributed by atoms with Crippen LogP contribution in [0.1, 0.15) is 23.2 Å². The van der Waals surface area contributed by atoms with Crippen LogP contribution < -0.4 is 5.73 Å². The lowest BCUT2D eigenvalue weighted by Crippen LogP contribution is -2.41. The summed E-state index contributed by atoms with van der Waals surface area (Å²) in [4.78, 5) is 25.0. The largest absolute Gasteiger partial charge is 0.508 e. The molecule has 1 aliphatic rings. The van der Waals surface area contributed by atoms with Crippen LogP contribution >= 0.6 is 11.6 Å². The maximum absolute atomic E-state index is 12.3. The number of piperidine rings is 1. The highest BCUT2D eigenvalue weighted by atomic mass is 35.5. The molecule has 0 aromatic heterocycles. The van der Waals surface area contributed by atoms with Crippen molar-refractivity contribution in [1.82, 2.24) is 4.90 Å². The van der Waals surface area contributed by atoms with Gasteiger partial charge in [0.15, 0.2) is 0 Å². The zero-order valence-corrected chi connectivity index (χ0v) is 11.1. The Labute approximate surface area is 116 Å². The first-order chi connectivity index (χ1) is 8.99. The topological polar surface area (TPSA) is 83.6 Å². The third-order valence-electron chi connectivity index (χ3n) is 3.36. The summed E-state index contributed by atoms with van der Waals surface area (Å²) in [5, 5.41) is 9.71. The lowest BCUT2D eigenvalue weighted by atomic mass is 9.96. The lowest BCUT2D eigenvalue weighted by molar-refractivity contribution is -0.123. The number of halogens is 1. The van der Waals surface area contributed by atoms with Gasteiger partial charge in [-0.2, -0.15) is 0 Å². The van der Waals surface area contributed by atoms with E-state index in [0.717, 1.165) is 0 Å². The van der Waals surface area contributed by atoms with Gasteiger partial charge in [-0.05, 0) is 31.0 Å². The van der Waals surface area contributed by atoms with Crippen molar-refractivity contribution < 1.29 is 14.7 Å².